The number of hydrogen-bond acceptors (Lipinski definition) is 5. The number of halogens is 1. The maximum atomic E-state index is 13.4. The number of benzene rings is 2. The molecule has 2 heterocycles. The summed E-state index contributed by atoms with van der Waals surface area (Å²) in [6.07, 6.45) is 1.69. The molecule has 1 amide bonds. The Bertz CT molecular complexity index is 1230. The first-order valence-electron chi connectivity index (χ1n) is 9.13. The van der Waals surface area contributed by atoms with Gasteiger partial charge in [-0.25, -0.2) is 9.37 Å². The molecular weight excluding hydrogens is 407 g/mol. The molecular formula is C21H17FN4O3S. The van der Waals surface area contributed by atoms with Gasteiger partial charge in [0.1, 0.15) is 5.82 Å². The van der Waals surface area contributed by atoms with Crippen molar-refractivity contribution in [3.05, 3.63) is 92.2 Å². The van der Waals surface area contributed by atoms with Crippen molar-refractivity contribution in [1.29, 1.82) is 0 Å². The Morgan fingerprint density at radius 1 is 1.27 bits per heavy atom. The van der Waals surface area contributed by atoms with Crippen LogP contribution in [0.4, 0.5) is 10.1 Å². The Balaban J connectivity index is 1.65. The van der Waals surface area contributed by atoms with Crippen LogP contribution < -0.4 is 5.32 Å². The van der Waals surface area contributed by atoms with Crippen LogP contribution in [0.15, 0.2) is 60.9 Å². The third kappa shape index (κ3) is 3.92. The summed E-state index contributed by atoms with van der Waals surface area (Å²) >= 11 is 1.07. The van der Waals surface area contributed by atoms with E-state index in [4.69, 9.17) is 0 Å². The van der Waals surface area contributed by atoms with E-state index in [9.17, 15) is 19.3 Å². The number of hydrogen-bond donors (Lipinski definition) is 1. The molecule has 1 unspecified atom stereocenters. The van der Waals surface area contributed by atoms with E-state index >= 15 is 0 Å². The fourth-order valence-corrected chi connectivity index (χ4v) is 4.17. The molecule has 4 aromatic rings. The normalized spacial score (nSPS) is 12.1. The van der Waals surface area contributed by atoms with Gasteiger partial charge in [-0.15, -0.1) is 11.3 Å². The molecule has 152 valence electrons. The first-order valence-corrected chi connectivity index (χ1v) is 9.95. The molecule has 0 aliphatic heterocycles. The molecule has 7 nitrogen and oxygen atoms in total. The van der Waals surface area contributed by atoms with Crippen molar-refractivity contribution >= 4 is 34.0 Å². The van der Waals surface area contributed by atoms with Crippen LogP contribution in [-0.2, 0) is 6.54 Å². The fourth-order valence-electron chi connectivity index (χ4n) is 3.28. The van der Waals surface area contributed by atoms with Crippen LogP contribution in [0.1, 0.15) is 26.2 Å². The maximum Gasteiger partial charge on any atom is 0.283 e. The average molecular weight is 424 g/mol. The summed E-state index contributed by atoms with van der Waals surface area (Å²) in [6.45, 7) is 1.97. The van der Waals surface area contributed by atoms with Gasteiger partial charge in [0, 0.05) is 12.6 Å². The first-order chi connectivity index (χ1) is 14.4. The van der Waals surface area contributed by atoms with E-state index in [-0.39, 0.29) is 16.4 Å². The molecule has 2 aromatic heterocycles. The third-order valence-corrected chi connectivity index (χ3v) is 5.83. The molecule has 0 aliphatic rings. The zero-order chi connectivity index (χ0) is 21.3. The second-order valence-corrected chi connectivity index (χ2v) is 8.03. The third-order valence-electron chi connectivity index (χ3n) is 4.80. The summed E-state index contributed by atoms with van der Waals surface area (Å²) in [5, 5.41) is 14.0. The van der Waals surface area contributed by atoms with E-state index in [2.05, 4.69) is 10.3 Å². The Morgan fingerprint density at radius 2 is 2.00 bits per heavy atom. The number of aromatic nitrogens is 2. The van der Waals surface area contributed by atoms with Crippen molar-refractivity contribution in [3.63, 3.8) is 0 Å². The molecule has 0 saturated carbocycles. The summed E-state index contributed by atoms with van der Waals surface area (Å²) in [4.78, 5) is 28.5. The monoisotopic (exact) mass is 424 g/mol. The minimum Gasteiger partial charge on any atom is -0.343 e. The lowest BCUT2D eigenvalue weighted by Gasteiger charge is -2.20. The van der Waals surface area contributed by atoms with Crippen molar-refractivity contribution in [1.82, 2.24) is 14.9 Å². The van der Waals surface area contributed by atoms with Crippen LogP contribution in [0.2, 0.25) is 0 Å². The van der Waals surface area contributed by atoms with E-state index in [1.807, 2.05) is 28.8 Å². The summed E-state index contributed by atoms with van der Waals surface area (Å²) < 4.78 is 15.3. The van der Waals surface area contributed by atoms with Crippen molar-refractivity contribution in [2.75, 3.05) is 0 Å². The van der Waals surface area contributed by atoms with E-state index in [0.717, 1.165) is 22.4 Å². The van der Waals surface area contributed by atoms with Crippen LogP contribution in [0.5, 0.6) is 0 Å². The Morgan fingerprint density at radius 3 is 2.70 bits per heavy atom. The lowest BCUT2D eigenvalue weighted by Crippen LogP contribution is -2.31. The zero-order valence-electron chi connectivity index (χ0n) is 15.9. The van der Waals surface area contributed by atoms with Crippen LogP contribution in [0, 0.1) is 22.9 Å². The van der Waals surface area contributed by atoms with Crippen molar-refractivity contribution < 1.29 is 14.1 Å². The smallest absolute Gasteiger partial charge is 0.283 e. The van der Waals surface area contributed by atoms with Crippen LogP contribution in [0.25, 0.3) is 11.0 Å². The summed E-state index contributed by atoms with van der Waals surface area (Å²) in [5.41, 5.74) is 2.36. The van der Waals surface area contributed by atoms with Crippen LogP contribution in [-0.4, -0.2) is 20.4 Å². The number of carbonyl (C=O) groups is 1. The van der Waals surface area contributed by atoms with Crippen LogP contribution >= 0.6 is 11.3 Å². The van der Waals surface area contributed by atoms with Crippen molar-refractivity contribution in [2.45, 2.75) is 19.5 Å². The molecule has 2 aromatic carbocycles. The number of imidazole rings is 1. The van der Waals surface area contributed by atoms with Gasteiger partial charge in [0.25, 0.3) is 11.6 Å². The molecule has 0 radical (unpaired) electrons. The summed E-state index contributed by atoms with van der Waals surface area (Å²) in [7, 11) is 0. The van der Waals surface area contributed by atoms with Crippen molar-refractivity contribution in [2.24, 2.45) is 0 Å². The van der Waals surface area contributed by atoms with Gasteiger partial charge in [0.2, 0.25) is 0 Å². The number of nitro groups is 1. The second-order valence-electron chi connectivity index (χ2n) is 6.77. The predicted molar refractivity (Wildman–Crippen MR) is 112 cm³/mol. The van der Waals surface area contributed by atoms with E-state index in [1.165, 1.54) is 18.2 Å². The highest BCUT2D eigenvalue weighted by molar-refractivity contribution is 7.14. The molecule has 1 N–H and O–H groups in total. The average Bonchev–Trinajstić information content (AvgIpc) is 3.32. The van der Waals surface area contributed by atoms with Gasteiger partial charge < -0.3 is 9.88 Å². The predicted octanol–water partition coefficient (Wildman–Crippen LogP) is 4.62. The molecule has 0 fully saturated rings. The van der Waals surface area contributed by atoms with Crippen LogP contribution in [0.3, 0.4) is 0 Å². The number of rotatable bonds is 6. The van der Waals surface area contributed by atoms with E-state index in [1.54, 1.807) is 25.4 Å². The highest BCUT2D eigenvalue weighted by Gasteiger charge is 2.23. The number of para-hydroxylation sites is 2. The molecule has 9 heteroatoms. The Hall–Kier alpha value is -3.59. The summed E-state index contributed by atoms with van der Waals surface area (Å²) in [5.74, 6) is -0.795. The minimum absolute atomic E-state index is 0.0796. The second kappa shape index (κ2) is 8.03. The number of carbonyl (C=O) groups excluding carboxylic acids is 1. The topological polar surface area (TPSA) is 90.1 Å². The lowest BCUT2D eigenvalue weighted by molar-refractivity contribution is -0.385. The van der Waals surface area contributed by atoms with Gasteiger partial charge in [-0.1, -0.05) is 24.3 Å². The number of nitrogens with zero attached hydrogens (tertiary/aromatic N) is 3. The SMILES string of the molecule is Cc1sc(C(=O)NC(Cn2cnc3ccccc32)c2ccc(F)cc2)cc1[N+](=O)[O-]. The van der Waals surface area contributed by atoms with Gasteiger partial charge in [-0.3, -0.25) is 14.9 Å². The number of aryl methyl sites for hydroxylation is 1. The Labute approximate surface area is 174 Å². The zero-order valence-corrected chi connectivity index (χ0v) is 16.7. The van der Waals surface area contributed by atoms with E-state index < -0.39 is 16.9 Å². The molecule has 1 atom stereocenters. The minimum atomic E-state index is -0.502. The maximum absolute atomic E-state index is 13.4. The molecule has 30 heavy (non-hydrogen) atoms. The van der Waals surface area contributed by atoms with Gasteiger partial charge in [-0.05, 0) is 36.8 Å². The quantitative estimate of drug-likeness (QED) is 0.361. The molecule has 0 bridgehead atoms. The number of thiophene rings is 1. The molecule has 4 rings (SSSR count). The largest absolute Gasteiger partial charge is 0.343 e. The number of nitrogens with one attached hydrogen (secondary N) is 1. The number of fused-ring (bicyclic) bond motifs is 1. The standard InChI is InChI=1S/C21H17FN4O3S/c1-13-19(26(28)29)10-20(30-13)21(27)24-17(14-6-8-15(22)9-7-14)11-25-12-23-16-4-2-3-5-18(16)25/h2-10,12,17H,11H2,1H3,(H,24,27). The van der Waals surface area contributed by atoms with Gasteiger partial charge in [-0.2, -0.15) is 0 Å². The highest BCUT2D eigenvalue weighted by atomic mass is 32.1. The van der Waals surface area contributed by atoms with Gasteiger partial charge in [0.05, 0.1) is 38.1 Å². The summed E-state index contributed by atoms with van der Waals surface area (Å²) in [6, 6.07) is 14.3. The van der Waals surface area contributed by atoms with Crippen molar-refractivity contribution in [3.8, 4) is 0 Å². The molecule has 0 spiro atoms. The number of amides is 1. The molecule has 0 aliphatic carbocycles. The Kier molecular flexibility index (Phi) is 5.28. The first kappa shape index (κ1) is 19.7. The lowest BCUT2D eigenvalue weighted by atomic mass is 10.1. The van der Waals surface area contributed by atoms with Gasteiger partial charge in [0.15, 0.2) is 0 Å². The van der Waals surface area contributed by atoms with E-state index in [0.29, 0.717) is 17.0 Å². The highest BCUT2D eigenvalue weighted by Crippen LogP contribution is 2.29. The molecule has 0 saturated heterocycles. The fraction of sp³-hybridized carbons (Fsp3) is 0.143. The van der Waals surface area contributed by atoms with Gasteiger partial charge >= 0.3 is 0 Å².